The Morgan fingerprint density at radius 2 is 1.84 bits per heavy atom. The van der Waals surface area contributed by atoms with E-state index in [0.717, 1.165) is 37.8 Å². The highest BCUT2D eigenvalue weighted by atomic mass is 19.4. The lowest BCUT2D eigenvalue weighted by atomic mass is 10.0. The van der Waals surface area contributed by atoms with E-state index in [-0.39, 0.29) is 29.9 Å². The SMILES string of the molecule is CC(C)(O)CCNCc1c(C(=O)NC2CCCC2)noc1-c1ccc(C(F)(F)F)cc1. The zero-order chi connectivity index (χ0) is 22.6. The highest BCUT2D eigenvalue weighted by Gasteiger charge is 2.31. The van der Waals surface area contributed by atoms with Crippen LogP contribution in [0.3, 0.4) is 0 Å². The zero-order valence-corrected chi connectivity index (χ0v) is 17.7. The van der Waals surface area contributed by atoms with Gasteiger partial charge in [-0.15, -0.1) is 0 Å². The molecule has 3 N–H and O–H groups in total. The summed E-state index contributed by atoms with van der Waals surface area (Å²) in [6, 6.07) is 4.66. The van der Waals surface area contributed by atoms with Gasteiger partial charge in [0, 0.05) is 23.7 Å². The topological polar surface area (TPSA) is 87.4 Å². The molecule has 3 rings (SSSR count). The van der Waals surface area contributed by atoms with Crippen LogP contribution in [-0.4, -0.2) is 34.4 Å². The van der Waals surface area contributed by atoms with E-state index < -0.39 is 17.3 Å². The smallest absolute Gasteiger partial charge is 0.390 e. The van der Waals surface area contributed by atoms with Gasteiger partial charge in [0.1, 0.15) is 0 Å². The number of carbonyl (C=O) groups excluding carboxylic acids is 1. The highest BCUT2D eigenvalue weighted by molar-refractivity contribution is 5.95. The molecule has 0 bridgehead atoms. The molecule has 1 aliphatic carbocycles. The van der Waals surface area contributed by atoms with Gasteiger partial charge < -0.3 is 20.3 Å². The van der Waals surface area contributed by atoms with Gasteiger partial charge in [0.15, 0.2) is 11.5 Å². The van der Waals surface area contributed by atoms with Crippen LogP contribution < -0.4 is 10.6 Å². The first kappa shape index (κ1) is 23.3. The Bertz CT molecular complexity index is 880. The number of nitrogens with zero attached hydrogens (tertiary/aromatic N) is 1. The predicted octanol–water partition coefficient (Wildman–Crippen LogP) is 4.28. The van der Waals surface area contributed by atoms with Crippen LogP contribution in [0.2, 0.25) is 0 Å². The Morgan fingerprint density at radius 3 is 2.42 bits per heavy atom. The molecule has 1 aliphatic rings. The van der Waals surface area contributed by atoms with Gasteiger partial charge >= 0.3 is 6.18 Å². The zero-order valence-electron chi connectivity index (χ0n) is 17.7. The van der Waals surface area contributed by atoms with Crippen LogP contribution in [-0.2, 0) is 12.7 Å². The molecular weight excluding hydrogens is 411 g/mol. The molecule has 1 aromatic heterocycles. The lowest BCUT2D eigenvalue weighted by molar-refractivity contribution is -0.137. The van der Waals surface area contributed by atoms with Gasteiger partial charge in [-0.05, 0) is 51.8 Å². The van der Waals surface area contributed by atoms with Crippen LogP contribution in [0.15, 0.2) is 28.8 Å². The largest absolute Gasteiger partial charge is 0.416 e. The van der Waals surface area contributed by atoms with E-state index in [1.807, 2.05) is 0 Å². The molecule has 9 heteroatoms. The molecule has 0 aliphatic heterocycles. The Morgan fingerprint density at radius 1 is 1.19 bits per heavy atom. The number of hydrogen-bond donors (Lipinski definition) is 3. The first-order chi connectivity index (χ1) is 14.5. The number of aromatic nitrogens is 1. The fraction of sp³-hybridized carbons (Fsp3) is 0.545. The van der Waals surface area contributed by atoms with Crippen LogP contribution in [0.4, 0.5) is 13.2 Å². The summed E-state index contributed by atoms with van der Waals surface area (Å²) in [6.45, 7) is 4.10. The molecule has 1 aromatic carbocycles. The number of alkyl halides is 3. The number of rotatable bonds is 8. The van der Waals surface area contributed by atoms with Crippen LogP contribution in [0, 0.1) is 0 Å². The second-order valence-electron chi connectivity index (χ2n) is 8.61. The van der Waals surface area contributed by atoms with E-state index in [1.54, 1.807) is 13.8 Å². The van der Waals surface area contributed by atoms with Crippen LogP contribution >= 0.6 is 0 Å². The third-order valence-electron chi connectivity index (χ3n) is 5.38. The summed E-state index contributed by atoms with van der Waals surface area (Å²) in [6.07, 6.45) is -0.00780. The molecule has 0 atom stereocenters. The van der Waals surface area contributed by atoms with Gasteiger partial charge in [0.25, 0.3) is 5.91 Å². The van der Waals surface area contributed by atoms with Crippen LogP contribution in [0.25, 0.3) is 11.3 Å². The van der Waals surface area contributed by atoms with E-state index in [1.165, 1.54) is 12.1 Å². The number of benzene rings is 1. The molecule has 0 radical (unpaired) electrons. The summed E-state index contributed by atoms with van der Waals surface area (Å²) in [5, 5.41) is 19.9. The van der Waals surface area contributed by atoms with Crippen molar-refractivity contribution in [2.75, 3.05) is 6.54 Å². The number of aliphatic hydroxyl groups is 1. The van der Waals surface area contributed by atoms with Gasteiger partial charge in [0.2, 0.25) is 0 Å². The maximum atomic E-state index is 12.9. The van der Waals surface area contributed by atoms with Crippen molar-refractivity contribution < 1.29 is 27.6 Å². The Hall–Kier alpha value is -2.39. The van der Waals surface area contributed by atoms with Gasteiger partial charge in [-0.3, -0.25) is 4.79 Å². The third-order valence-corrected chi connectivity index (χ3v) is 5.38. The van der Waals surface area contributed by atoms with E-state index in [2.05, 4.69) is 15.8 Å². The lowest BCUT2D eigenvalue weighted by Crippen LogP contribution is -2.34. The molecule has 1 saturated carbocycles. The van der Waals surface area contributed by atoms with Crippen molar-refractivity contribution in [2.24, 2.45) is 0 Å². The van der Waals surface area contributed by atoms with Crippen molar-refractivity contribution in [3.8, 4) is 11.3 Å². The number of carbonyl (C=O) groups is 1. The van der Waals surface area contributed by atoms with Gasteiger partial charge in [-0.2, -0.15) is 13.2 Å². The van der Waals surface area contributed by atoms with E-state index in [4.69, 9.17) is 4.52 Å². The number of nitrogens with one attached hydrogen (secondary N) is 2. The highest BCUT2D eigenvalue weighted by Crippen LogP contribution is 2.33. The average molecular weight is 439 g/mol. The third kappa shape index (κ3) is 6.30. The van der Waals surface area contributed by atoms with Gasteiger partial charge in [-0.1, -0.05) is 30.1 Å². The van der Waals surface area contributed by atoms with Crippen LogP contribution in [0.5, 0.6) is 0 Å². The Kier molecular flexibility index (Phi) is 7.06. The molecule has 0 saturated heterocycles. The van der Waals surface area contributed by atoms with Crippen molar-refractivity contribution in [3.63, 3.8) is 0 Å². The minimum Gasteiger partial charge on any atom is -0.390 e. The van der Waals surface area contributed by atoms with Crippen molar-refractivity contribution >= 4 is 5.91 Å². The minimum absolute atomic E-state index is 0.0923. The molecule has 31 heavy (non-hydrogen) atoms. The molecule has 0 spiro atoms. The van der Waals surface area contributed by atoms with Gasteiger partial charge in [-0.25, -0.2) is 0 Å². The van der Waals surface area contributed by atoms with Crippen molar-refractivity contribution in [2.45, 2.75) is 70.3 Å². The predicted molar refractivity (Wildman–Crippen MR) is 109 cm³/mol. The standard InChI is InChI=1S/C22H28F3N3O3/c1-21(2,30)11-12-26-13-17-18(20(29)27-16-5-3-4-6-16)28-31-19(17)14-7-9-15(10-8-14)22(23,24)25/h7-10,16,26,30H,3-6,11-13H2,1-2H3,(H,27,29). The maximum Gasteiger partial charge on any atom is 0.416 e. The summed E-state index contributed by atoms with van der Waals surface area (Å²) < 4.78 is 44.1. The fourth-order valence-electron chi connectivity index (χ4n) is 3.62. The van der Waals surface area contributed by atoms with Crippen molar-refractivity contribution in [1.82, 2.24) is 15.8 Å². The molecule has 6 nitrogen and oxygen atoms in total. The molecule has 2 aromatic rings. The maximum absolute atomic E-state index is 12.9. The molecule has 1 fully saturated rings. The fourth-order valence-corrected chi connectivity index (χ4v) is 3.62. The molecule has 0 unspecified atom stereocenters. The quantitative estimate of drug-likeness (QED) is 0.535. The summed E-state index contributed by atoms with van der Waals surface area (Å²) >= 11 is 0. The second-order valence-corrected chi connectivity index (χ2v) is 8.61. The first-order valence-corrected chi connectivity index (χ1v) is 10.4. The lowest BCUT2D eigenvalue weighted by Gasteiger charge is -2.17. The first-order valence-electron chi connectivity index (χ1n) is 10.4. The normalized spacial score (nSPS) is 15.4. The molecule has 1 heterocycles. The second kappa shape index (κ2) is 9.40. The summed E-state index contributed by atoms with van der Waals surface area (Å²) in [7, 11) is 0. The van der Waals surface area contributed by atoms with Crippen LogP contribution in [0.1, 0.15) is 67.6 Å². The molecule has 170 valence electrons. The average Bonchev–Trinajstić information content (AvgIpc) is 3.33. The van der Waals surface area contributed by atoms with E-state index >= 15 is 0 Å². The Balaban J connectivity index is 1.83. The van der Waals surface area contributed by atoms with E-state index in [9.17, 15) is 23.1 Å². The summed E-state index contributed by atoms with van der Waals surface area (Å²) in [4.78, 5) is 12.8. The number of halogens is 3. The number of amides is 1. The van der Waals surface area contributed by atoms with E-state index in [0.29, 0.717) is 24.1 Å². The Labute approximate surface area is 179 Å². The monoisotopic (exact) mass is 439 g/mol. The van der Waals surface area contributed by atoms with Crippen molar-refractivity contribution in [3.05, 3.63) is 41.1 Å². The van der Waals surface area contributed by atoms with Gasteiger partial charge in [0.05, 0.1) is 11.2 Å². The molecular formula is C22H28F3N3O3. The number of hydrogen-bond acceptors (Lipinski definition) is 5. The molecule has 1 amide bonds. The minimum atomic E-state index is -4.44. The summed E-state index contributed by atoms with van der Waals surface area (Å²) in [5.74, 6) is -0.103. The summed E-state index contributed by atoms with van der Waals surface area (Å²) in [5.41, 5.74) is -0.608. The van der Waals surface area contributed by atoms with Crippen molar-refractivity contribution in [1.29, 1.82) is 0 Å².